The zero-order chi connectivity index (χ0) is 16.8. The molecule has 124 valence electrons. The van der Waals surface area contributed by atoms with Gasteiger partial charge >= 0.3 is 0 Å². The maximum absolute atomic E-state index is 3.51. The number of nitrogens with one attached hydrogen (secondary N) is 1. The average molecular weight is 302 g/mol. The topological polar surface area (TPSA) is 12.0 Å². The molecular weight excluding hydrogens is 266 g/mol. The third-order valence-corrected chi connectivity index (χ3v) is 3.27. The summed E-state index contributed by atoms with van der Waals surface area (Å²) in [6, 6.07) is 10.4. The fourth-order valence-corrected chi connectivity index (χ4v) is 2.31. The van der Waals surface area contributed by atoms with Gasteiger partial charge in [0.15, 0.2) is 0 Å². The van der Waals surface area contributed by atoms with Crippen molar-refractivity contribution < 1.29 is 0 Å². The van der Waals surface area contributed by atoms with E-state index in [-0.39, 0.29) is 0 Å². The van der Waals surface area contributed by atoms with Gasteiger partial charge in [0.1, 0.15) is 0 Å². The van der Waals surface area contributed by atoms with E-state index in [4.69, 9.17) is 0 Å². The van der Waals surface area contributed by atoms with Crippen molar-refractivity contribution >= 4 is 6.08 Å². The molecule has 0 heterocycles. The predicted octanol–water partition coefficient (Wildman–Crippen LogP) is 5.94. The number of hydrogen-bond donors (Lipinski definition) is 1. The Labute approximate surface area is 138 Å². The summed E-state index contributed by atoms with van der Waals surface area (Å²) < 4.78 is 0. The molecule has 0 saturated carbocycles. The minimum atomic E-state index is 0.753. The Morgan fingerprint density at radius 1 is 1.09 bits per heavy atom. The van der Waals surface area contributed by atoms with Gasteiger partial charge in [-0.15, -0.1) is 0 Å². The summed E-state index contributed by atoms with van der Waals surface area (Å²) in [5.41, 5.74) is 2.55. The van der Waals surface area contributed by atoms with Gasteiger partial charge in [0.2, 0.25) is 0 Å². The largest absolute Gasteiger partial charge is 0.313 e. The first-order chi connectivity index (χ1) is 10.6. The minimum absolute atomic E-state index is 0.753. The summed E-state index contributed by atoms with van der Waals surface area (Å²) in [6.45, 7) is 15.1. The lowest BCUT2D eigenvalue weighted by molar-refractivity contribution is 0.421. The minimum Gasteiger partial charge on any atom is -0.313 e. The van der Waals surface area contributed by atoms with E-state index in [0.717, 1.165) is 24.9 Å². The van der Waals surface area contributed by atoms with E-state index >= 15 is 0 Å². The van der Waals surface area contributed by atoms with Gasteiger partial charge in [0, 0.05) is 6.54 Å². The van der Waals surface area contributed by atoms with E-state index < -0.39 is 0 Å². The van der Waals surface area contributed by atoms with Crippen molar-refractivity contribution in [3.8, 4) is 0 Å². The molecule has 22 heavy (non-hydrogen) atoms. The van der Waals surface area contributed by atoms with Crippen molar-refractivity contribution in [2.45, 2.75) is 48.0 Å². The Bertz CT molecular complexity index is 415. The van der Waals surface area contributed by atoms with Crippen LogP contribution in [0.25, 0.3) is 6.08 Å². The van der Waals surface area contributed by atoms with E-state index in [9.17, 15) is 0 Å². The lowest BCUT2D eigenvalue weighted by atomic mass is 9.99. The maximum atomic E-state index is 3.51. The average Bonchev–Trinajstić information content (AvgIpc) is 2.52. The van der Waals surface area contributed by atoms with Crippen LogP contribution in [-0.4, -0.2) is 13.1 Å². The van der Waals surface area contributed by atoms with Gasteiger partial charge in [0.25, 0.3) is 0 Å². The predicted molar refractivity (Wildman–Crippen MR) is 102 cm³/mol. The molecule has 0 spiro atoms. The normalized spacial score (nSPS) is 13.1. The zero-order valence-corrected chi connectivity index (χ0v) is 15.4. The third-order valence-electron chi connectivity index (χ3n) is 3.27. The molecule has 0 saturated heterocycles. The summed E-state index contributed by atoms with van der Waals surface area (Å²) in [5.74, 6) is 1.54. The monoisotopic (exact) mass is 301 g/mol. The second kappa shape index (κ2) is 13.3. The number of rotatable bonds is 8. The summed E-state index contributed by atoms with van der Waals surface area (Å²) in [4.78, 5) is 0. The molecule has 1 atom stereocenters. The third kappa shape index (κ3) is 11.3. The van der Waals surface area contributed by atoms with E-state index in [1.807, 2.05) is 19.9 Å². The molecule has 0 bridgehead atoms. The van der Waals surface area contributed by atoms with Crippen molar-refractivity contribution in [1.82, 2.24) is 5.32 Å². The van der Waals surface area contributed by atoms with Crippen molar-refractivity contribution in [3.63, 3.8) is 0 Å². The van der Waals surface area contributed by atoms with Crippen LogP contribution in [0, 0.1) is 11.8 Å². The smallest absolute Gasteiger partial charge is 0.0140 e. The molecule has 1 heteroatoms. The molecule has 0 aliphatic rings. The second-order valence-corrected chi connectivity index (χ2v) is 6.09. The SMILES string of the molecule is CC.CC(/C=C\c1ccccc1)=C/CNCC(C)CC(C)C. The van der Waals surface area contributed by atoms with Crippen LogP contribution in [0.5, 0.6) is 0 Å². The van der Waals surface area contributed by atoms with Gasteiger partial charge in [-0.1, -0.05) is 88.8 Å². The lowest BCUT2D eigenvalue weighted by Gasteiger charge is -2.13. The van der Waals surface area contributed by atoms with Crippen LogP contribution in [0.2, 0.25) is 0 Å². The van der Waals surface area contributed by atoms with Crippen LogP contribution >= 0.6 is 0 Å². The van der Waals surface area contributed by atoms with E-state index in [0.29, 0.717) is 0 Å². The Kier molecular flexibility index (Phi) is 12.5. The van der Waals surface area contributed by atoms with Crippen LogP contribution in [0.15, 0.2) is 48.1 Å². The molecule has 1 nitrogen and oxygen atoms in total. The van der Waals surface area contributed by atoms with Crippen molar-refractivity contribution in [3.05, 3.63) is 53.6 Å². The Balaban J connectivity index is 0.00000211. The Morgan fingerprint density at radius 2 is 1.73 bits per heavy atom. The van der Waals surface area contributed by atoms with Gasteiger partial charge in [-0.25, -0.2) is 0 Å². The molecule has 1 aromatic carbocycles. The Hall–Kier alpha value is -1.34. The standard InChI is InChI=1S/C19H29N.C2H6/c1-16(2)14-18(4)15-20-13-12-17(3)10-11-19-8-6-5-7-9-19;1-2/h5-12,16,18,20H,13-15H2,1-4H3;1-2H3/b11-10-,17-12-;. The number of hydrogen-bond acceptors (Lipinski definition) is 1. The van der Waals surface area contributed by atoms with Crippen LogP contribution in [0.1, 0.15) is 53.5 Å². The van der Waals surface area contributed by atoms with E-state index in [2.05, 4.69) is 75.5 Å². The molecule has 0 aliphatic heterocycles. The lowest BCUT2D eigenvalue weighted by Crippen LogP contribution is -2.22. The van der Waals surface area contributed by atoms with Crippen LogP contribution in [0.3, 0.4) is 0 Å². The molecule has 0 fully saturated rings. The molecule has 0 amide bonds. The summed E-state index contributed by atoms with van der Waals surface area (Å²) in [5, 5.41) is 3.51. The Morgan fingerprint density at radius 3 is 2.32 bits per heavy atom. The first-order valence-electron chi connectivity index (χ1n) is 8.68. The number of allylic oxidation sites excluding steroid dienone is 2. The molecule has 0 aliphatic carbocycles. The maximum Gasteiger partial charge on any atom is 0.0140 e. The quantitative estimate of drug-likeness (QED) is 0.462. The molecule has 1 unspecified atom stereocenters. The van der Waals surface area contributed by atoms with Crippen LogP contribution < -0.4 is 5.32 Å². The first kappa shape index (κ1) is 20.7. The zero-order valence-electron chi connectivity index (χ0n) is 15.4. The van der Waals surface area contributed by atoms with Crippen molar-refractivity contribution in [2.24, 2.45) is 11.8 Å². The highest BCUT2D eigenvalue weighted by Crippen LogP contribution is 2.09. The molecule has 1 rings (SSSR count). The van der Waals surface area contributed by atoms with Crippen LogP contribution in [-0.2, 0) is 0 Å². The highest BCUT2D eigenvalue weighted by atomic mass is 14.8. The van der Waals surface area contributed by atoms with Gasteiger partial charge in [-0.3, -0.25) is 0 Å². The summed E-state index contributed by atoms with van der Waals surface area (Å²) in [7, 11) is 0. The van der Waals surface area contributed by atoms with Gasteiger partial charge in [-0.2, -0.15) is 0 Å². The van der Waals surface area contributed by atoms with E-state index in [1.165, 1.54) is 17.6 Å². The van der Waals surface area contributed by atoms with Gasteiger partial charge in [-0.05, 0) is 37.3 Å². The fourth-order valence-electron chi connectivity index (χ4n) is 2.31. The highest BCUT2D eigenvalue weighted by Gasteiger charge is 2.03. The molecule has 1 N–H and O–H groups in total. The van der Waals surface area contributed by atoms with Crippen molar-refractivity contribution in [2.75, 3.05) is 13.1 Å². The number of benzene rings is 1. The molecule has 0 aromatic heterocycles. The van der Waals surface area contributed by atoms with Gasteiger partial charge in [0.05, 0.1) is 0 Å². The molecule has 1 aromatic rings. The van der Waals surface area contributed by atoms with Crippen LogP contribution in [0.4, 0.5) is 0 Å². The van der Waals surface area contributed by atoms with E-state index in [1.54, 1.807) is 0 Å². The molecular formula is C21H35N. The fraction of sp³-hybridized carbons (Fsp3) is 0.524. The second-order valence-electron chi connectivity index (χ2n) is 6.09. The summed E-state index contributed by atoms with van der Waals surface area (Å²) >= 11 is 0. The summed E-state index contributed by atoms with van der Waals surface area (Å²) in [6.07, 6.45) is 7.88. The first-order valence-corrected chi connectivity index (χ1v) is 8.68. The molecule has 0 radical (unpaired) electrons. The highest BCUT2D eigenvalue weighted by molar-refractivity contribution is 5.52. The van der Waals surface area contributed by atoms with Gasteiger partial charge < -0.3 is 5.32 Å². The van der Waals surface area contributed by atoms with Crippen molar-refractivity contribution in [1.29, 1.82) is 0 Å².